The Hall–Kier alpha value is -1.14. The maximum atomic E-state index is 13.5. The summed E-state index contributed by atoms with van der Waals surface area (Å²) in [6.07, 6.45) is -4.76. The summed E-state index contributed by atoms with van der Waals surface area (Å²) >= 11 is 0. The van der Waals surface area contributed by atoms with Gasteiger partial charge in [0.15, 0.2) is 0 Å². The standard InChI is InChI=1S/C13H17F4NO/c1-11(2,3)12(19,7-18)8-4-5-9(10(14)6-8)13(15,16)17/h4-6,19H,7,18H2,1-3H3. The summed E-state index contributed by atoms with van der Waals surface area (Å²) in [6.45, 7) is 4.81. The van der Waals surface area contributed by atoms with Crippen molar-refractivity contribution in [1.82, 2.24) is 0 Å². The molecule has 0 bridgehead atoms. The molecule has 0 spiro atoms. The van der Waals surface area contributed by atoms with Gasteiger partial charge in [0.25, 0.3) is 0 Å². The lowest BCUT2D eigenvalue weighted by Crippen LogP contribution is -2.46. The van der Waals surface area contributed by atoms with Gasteiger partial charge in [-0.2, -0.15) is 13.2 Å². The third-order valence-corrected chi connectivity index (χ3v) is 3.29. The Balaban J connectivity index is 3.35. The molecule has 0 aliphatic carbocycles. The van der Waals surface area contributed by atoms with Crippen LogP contribution in [-0.4, -0.2) is 11.7 Å². The average molecular weight is 279 g/mol. The summed E-state index contributed by atoms with van der Waals surface area (Å²) in [5, 5.41) is 10.5. The van der Waals surface area contributed by atoms with Gasteiger partial charge in [0.05, 0.1) is 5.56 Å². The molecule has 2 nitrogen and oxygen atoms in total. The molecule has 108 valence electrons. The predicted octanol–water partition coefficient (Wildman–Crippen LogP) is 3.04. The van der Waals surface area contributed by atoms with E-state index in [2.05, 4.69) is 0 Å². The largest absolute Gasteiger partial charge is 0.419 e. The van der Waals surface area contributed by atoms with Gasteiger partial charge in [-0.3, -0.25) is 0 Å². The minimum Gasteiger partial charge on any atom is -0.383 e. The maximum Gasteiger partial charge on any atom is 0.419 e. The zero-order valence-corrected chi connectivity index (χ0v) is 11.0. The van der Waals surface area contributed by atoms with Gasteiger partial charge in [-0.15, -0.1) is 0 Å². The minimum absolute atomic E-state index is 0.0352. The second-order valence-corrected chi connectivity index (χ2v) is 5.51. The molecule has 1 aromatic rings. The van der Waals surface area contributed by atoms with Crippen molar-refractivity contribution in [2.45, 2.75) is 32.5 Å². The molecule has 0 fully saturated rings. The fraction of sp³-hybridized carbons (Fsp3) is 0.538. The van der Waals surface area contributed by atoms with Gasteiger partial charge >= 0.3 is 6.18 Å². The van der Waals surface area contributed by atoms with Crippen LogP contribution in [0.3, 0.4) is 0 Å². The van der Waals surface area contributed by atoms with Crippen molar-refractivity contribution in [2.75, 3.05) is 6.54 Å². The maximum absolute atomic E-state index is 13.5. The quantitative estimate of drug-likeness (QED) is 0.817. The van der Waals surface area contributed by atoms with E-state index < -0.39 is 28.6 Å². The highest BCUT2D eigenvalue weighted by molar-refractivity contribution is 5.32. The van der Waals surface area contributed by atoms with Crippen LogP contribution in [0.25, 0.3) is 0 Å². The van der Waals surface area contributed by atoms with Crippen molar-refractivity contribution in [1.29, 1.82) is 0 Å². The van der Waals surface area contributed by atoms with E-state index in [4.69, 9.17) is 5.73 Å². The molecule has 0 saturated heterocycles. The van der Waals surface area contributed by atoms with E-state index in [1.165, 1.54) is 0 Å². The summed E-state index contributed by atoms with van der Waals surface area (Å²) in [6, 6.07) is 2.38. The lowest BCUT2D eigenvalue weighted by molar-refractivity contribution is -0.140. The zero-order chi connectivity index (χ0) is 15.1. The van der Waals surface area contributed by atoms with Crippen LogP contribution in [0.5, 0.6) is 0 Å². The van der Waals surface area contributed by atoms with E-state index in [0.29, 0.717) is 12.1 Å². The van der Waals surface area contributed by atoms with E-state index >= 15 is 0 Å². The predicted molar refractivity (Wildman–Crippen MR) is 63.8 cm³/mol. The third-order valence-electron chi connectivity index (χ3n) is 3.29. The highest BCUT2D eigenvalue weighted by Gasteiger charge is 2.42. The van der Waals surface area contributed by atoms with Crippen molar-refractivity contribution in [3.8, 4) is 0 Å². The van der Waals surface area contributed by atoms with Crippen LogP contribution in [0, 0.1) is 11.2 Å². The number of halogens is 4. The average Bonchev–Trinajstić information content (AvgIpc) is 2.24. The summed E-state index contributed by atoms with van der Waals surface area (Å²) in [7, 11) is 0. The molecule has 0 aromatic heterocycles. The van der Waals surface area contributed by atoms with Crippen molar-refractivity contribution < 1.29 is 22.7 Å². The normalized spacial score (nSPS) is 16.3. The number of nitrogens with two attached hydrogens (primary N) is 1. The smallest absolute Gasteiger partial charge is 0.383 e. The second kappa shape index (κ2) is 4.76. The molecular weight excluding hydrogens is 262 g/mol. The minimum atomic E-state index is -4.76. The first-order valence-electron chi connectivity index (χ1n) is 5.73. The lowest BCUT2D eigenvalue weighted by atomic mass is 9.72. The Morgan fingerprint density at radius 2 is 1.68 bits per heavy atom. The molecule has 1 aromatic carbocycles. The van der Waals surface area contributed by atoms with Crippen LogP contribution in [0.1, 0.15) is 31.9 Å². The number of aliphatic hydroxyl groups is 1. The molecule has 6 heteroatoms. The Morgan fingerprint density at radius 1 is 1.16 bits per heavy atom. The topological polar surface area (TPSA) is 46.2 Å². The van der Waals surface area contributed by atoms with E-state index in [-0.39, 0.29) is 12.1 Å². The molecule has 1 unspecified atom stereocenters. The van der Waals surface area contributed by atoms with Gasteiger partial charge in [-0.1, -0.05) is 26.8 Å². The SMILES string of the molecule is CC(C)(C)C(O)(CN)c1ccc(C(F)(F)F)c(F)c1. The van der Waals surface area contributed by atoms with Gasteiger partial charge in [0.1, 0.15) is 11.4 Å². The number of rotatable bonds is 2. The summed E-state index contributed by atoms with van der Waals surface area (Å²) < 4.78 is 50.9. The molecule has 0 heterocycles. The van der Waals surface area contributed by atoms with Gasteiger partial charge in [-0.05, 0) is 23.1 Å². The molecule has 19 heavy (non-hydrogen) atoms. The van der Waals surface area contributed by atoms with Gasteiger partial charge in [-0.25, -0.2) is 4.39 Å². The van der Waals surface area contributed by atoms with Crippen molar-refractivity contribution in [2.24, 2.45) is 11.1 Å². The summed E-state index contributed by atoms with van der Waals surface area (Å²) in [5.74, 6) is -1.42. The van der Waals surface area contributed by atoms with Crippen LogP contribution < -0.4 is 5.73 Å². The van der Waals surface area contributed by atoms with E-state index in [1.54, 1.807) is 20.8 Å². The van der Waals surface area contributed by atoms with Crippen LogP contribution in [0.15, 0.2) is 18.2 Å². The molecular formula is C13H17F4NO. The molecule has 1 rings (SSSR count). The van der Waals surface area contributed by atoms with E-state index in [1.807, 2.05) is 0 Å². The van der Waals surface area contributed by atoms with Gasteiger partial charge in [0, 0.05) is 6.54 Å². The van der Waals surface area contributed by atoms with Crippen molar-refractivity contribution >= 4 is 0 Å². The molecule has 0 aliphatic rings. The highest BCUT2D eigenvalue weighted by Crippen LogP contribution is 2.40. The molecule has 0 amide bonds. The van der Waals surface area contributed by atoms with E-state index in [9.17, 15) is 22.7 Å². The number of alkyl halides is 3. The number of hydrogen-bond acceptors (Lipinski definition) is 2. The number of hydrogen-bond donors (Lipinski definition) is 2. The molecule has 0 saturated carbocycles. The van der Waals surface area contributed by atoms with E-state index in [0.717, 1.165) is 6.07 Å². The molecule has 3 N–H and O–H groups in total. The number of benzene rings is 1. The first-order valence-corrected chi connectivity index (χ1v) is 5.73. The van der Waals surface area contributed by atoms with Crippen molar-refractivity contribution in [3.63, 3.8) is 0 Å². The van der Waals surface area contributed by atoms with Crippen LogP contribution >= 0.6 is 0 Å². The Bertz CT molecular complexity index is 465. The fourth-order valence-corrected chi connectivity index (χ4v) is 1.86. The molecule has 0 radical (unpaired) electrons. The lowest BCUT2D eigenvalue weighted by Gasteiger charge is -2.40. The third kappa shape index (κ3) is 2.90. The Kier molecular flexibility index (Phi) is 3.98. The first kappa shape index (κ1) is 15.9. The van der Waals surface area contributed by atoms with Crippen LogP contribution in [0.4, 0.5) is 17.6 Å². The monoisotopic (exact) mass is 279 g/mol. The highest BCUT2D eigenvalue weighted by atomic mass is 19.4. The fourth-order valence-electron chi connectivity index (χ4n) is 1.86. The van der Waals surface area contributed by atoms with Gasteiger partial charge in [0.2, 0.25) is 0 Å². The Labute approximate surface area is 109 Å². The summed E-state index contributed by atoms with van der Waals surface area (Å²) in [4.78, 5) is 0. The van der Waals surface area contributed by atoms with Crippen LogP contribution in [-0.2, 0) is 11.8 Å². The molecule has 1 atom stereocenters. The van der Waals surface area contributed by atoms with Crippen molar-refractivity contribution in [3.05, 3.63) is 35.1 Å². The van der Waals surface area contributed by atoms with Gasteiger partial charge < -0.3 is 10.8 Å². The van der Waals surface area contributed by atoms with Crippen LogP contribution in [0.2, 0.25) is 0 Å². The molecule has 0 aliphatic heterocycles. The first-order chi connectivity index (χ1) is 8.43. The summed E-state index contributed by atoms with van der Waals surface area (Å²) in [5.41, 5.74) is 1.84. The Morgan fingerprint density at radius 3 is 2.00 bits per heavy atom. The second-order valence-electron chi connectivity index (χ2n) is 5.51. The zero-order valence-electron chi connectivity index (χ0n) is 11.0.